The Balaban J connectivity index is 3.52. The lowest BCUT2D eigenvalue weighted by Gasteiger charge is -2.15. The number of carbonyl (C=O) groups excluding carboxylic acids is 1. The van der Waals surface area contributed by atoms with Gasteiger partial charge in [-0.1, -0.05) is 0 Å². The molecule has 0 radical (unpaired) electrons. The lowest BCUT2D eigenvalue weighted by molar-refractivity contribution is -0.276. The number of hydrogen-bond acceptors (Lipinski definition) is 3. The third-order valence-electron chi connectivity index (χ3n) is 1.91. The van der Waals surface area contributed by atoms with Gasteiger partial charge < -0.3 is 4.74 Å². The number of ether oxygens (including phenoxy) is 1. The van der Waals surface area contributed by atoms with E-state index in [1.807, 2.05) is 0 Å². The minimum atomic E-state index is -5.24. The normalized spacial score (nSPS) is 12.4. The Morgan fingerprint density at radius 1 is 1.25 bits per heavy atom. The number of rotatable bonds is 3. The first-order valence-corrected chi connectivity index (χ1v) is 5.49. The van der Waals surface area contributed by atoms with Crippen LogP contribution in [0.1, 0.15) is 21.6 Å². The number of halogens is 8. The summed E-state index contributed by atoms with van der Waals surface area (Å²) in [5.74, 6) is -2.07. The van der Waals surface area contributed by atoms with Crippen LogP contribution in [-0.2, 0) is 12.1 Å². The average molecular weight is 342 g/mol. The van der Waals surface area contributed by atoms with Crippen LogP contribution in [-0.4, -0.2) is 16.6 Å². The van der Waals surface area contributed by atoms with Crippen LogP contribution in [0.2, 0.25) is 0 Å². The Morgan fingerprint density at radius 3 is 2.15 bits per heavy atom. The van der Waals surface area contributed by atoms with Gasteiger partial charge in [-0.2, -0.15) is 13.2 Å². The predicted octanol–water partition coefficient (Wildman–Crippen LogP) is 4.12. The van der Waals surface area contributed by atoms with Gasteiger partial charge in [0.25, 0.3) is 5.24 Å². The van der Waals surface area contributed by atoms with E-state index in [2.05, 4.69) is 9.72 Å². The van der Waals surface area contributed by atoms with Crippen molar-refractivity contribution >= 4 is 28.4 Å². The zero-order chi connectivity index (χ0) is 15.7. The van der Waals surface area contributed by atoms with Crippen LogP contribution in [0.4, 0.5) is 26.3 Å². The van der Waals surface area contributed by atoms with Crippen LogP contribution in [0.25, 0.3) is 0 Å². The maximum absolute atomic E-state index is 12.7. The summed E-state index contributed by atoms with van der Waals surface area (Å²) >= 11 is 10.3. The topological polar surface area (TPSA) is 39.2 Å². The molecule has 0 saturated carbocycles. The second-order valence-corrected chi connectivity index (χ2v) is 3.91. The van der Waals surface area contributed by atoms with Gasteiger partial charge in [0.1, 0.15) is 0 Å². The lowest BCUT2D eigenvalue weighted by Crippen LogP contribution is -2.21. The molecule has 1 aromatic heterocycles. The Morgan fingerprint density at radius 2 is 1.80 bits per heavy atom. The van der Waals surface area contributed by atoms with E-state index < -0.39 is 46.4 Å². The fraction of sp³-hybridized carbons (Fsp3) is 0.333. The van der Waals surface area contributed by atoms with Gasteiger partial charge >= 0.3 is 12.5 Å². The first-order chi connectivity index (χ1) is 8.95. The van der Waals surface area contributed by atoms with Gasteiger partial charge in [-0.3, -0.25) is 4.79 Å². The van der Waals surface area contributed by atoms with Gasteiger partial charge in [0.05, 0.1) is 5.56 Å². The zero-order valence-electron chi connectivity index (χ0n) is 9.07. The summed E-state index contributed by atoms with van der Waals surface area (Å²) in [5, 5.41) is -1.54. The molecule has 0 spiro atoms. The molecule has 20 heavy (non-hydrogen) atoms. The molecule has 0 unspecified atom stereocenters. The molecule has 1 rings (SSSR count). The van der Waals surface area contributed by atoms with Crippen LogP contribution < -0.4 is 4.74 Å². The molecular formula is C9H3Cl2F6NO2. The van der Waals surface area contributed by atoms with Gasteiger partial charge in [-0.25, -0.2) is 4.98 Å². The molecule has 0 N–H and O–H groups in total. The molecular weight excluding hydrogens is 339 g/mol. The van der Waals surface area contributed by atoms with E-state index in [1.165, 1.54) is 0 Å². The van der Waals surface area contributed by atoms with Crippen LogP contribution in [0.15, 0.2) is 6.07 Å². The minimum Gasteiger partial charge on any atom is -0.388 e. The van der Waals surface area contributed by atoms with Crippen molar-refractivity contribution in [1.82, 2.24) is 4.98 Å². The van der Waals surface area contributed by atoms with E-state index in [-0.39, 0.29) is 0 Å². The first kappa shape index (κ1) is 16.8. The smallest absolute Gasteiger partial charge is 0.388 e. The summed E-state index contributed by atoms with van der Waals surface area (Å²) in [6.07, 6.45) is -10.4. The highest BCUT2D eigenvalue weighted by molar-refractivity contribution is 6.68. The van der Waals surface area contributed by atoms with E-state index in [1.54, 1.807) is 0 Å². The number of nitrogens with zero attached hydrogens (tertiary/aromatic N) is 1. The van der Waals surface area contributed by atoms with E-state index in [0.29, 0.717) is 6.07 Å². The fourth-order valence-electron chi connectivity index (χ4n) is 1.27. The summed E-state index contributed by atoms with van der Waals surface area (Å²) in [5.41, 5.74) is -3.58. The highest BCUT2D eigenvalue weighted by Gasteiger charge is 2.40. The Kier molecular flexibility index (Phi) is 4.75. The third-order valence-corrected chi connectivity index (χ3v) is 2.38. The van der Waals surface area contributed by atoms with Crippen molar-refractivity contribution in [3.63, 3.8) is 0 Å². The van der Waals surface area contributed by atoms with Gasteiger partial charge in [0.2, 0.25) is 5.88 Å². The van der Waals surface area contributed by atoms with Gasteiger partial charge in [0.15, 0.2) is 5.69 Å². The van der Waals surface area contributed by atoms with Crippen LogP contribution in [0.5, 0.6) is 5.88 Å². The molecule has 112 valence electrons. The Bertz CT molecular complexity index is 528. The molecule has 0 aliphatic carbocycles. The summed E-state index contributed by atoms with van der Waals surface area (Å²) in [6, 6.07) is 0.464. The maximum atomic E-state index is 12.7. The molecule has 11 heteroatoms. The molecule has 0 saturated heterocycles. The highest BCUT2D eigenvalue weighted by atomic mass is 35.5. The lowest BCUT2D eigenvalue weighted by atomic mass is 10.1. The van der Waals surface area contributed by atoms with Crippen molar-refractivity contribution in [3.05, 3.63) is 22.9 Å². The van der Waals surface area contributed by atoms with Gasteiger partial charge in [-0.15, -0.1) is 24.8 Å². The first-order valence-electron chi connectivity index (χ1n) is 4.58. The number of alkyl halides is 7. The second-order valence-electron chi connectivity index (χ2n) is 3.30. The summed E-state index contributed by atoms with van der Waals surface area (Å²) in [4.78, 5) is 13.6. The molecule has 0 aromatic carbocycles. The van der Waals surface area contributed by atoms with E-state index in [9.17, 15) is 31.1 Å². The summed E-state index contributed by atoms with van der Waals surface area (Å²) in [6.45, 7) is 0. The van der Waals surface area contributed by atoms with Crippen molar-refractivity contribution in [3.8, 4) is 5.88 Å². The van der Waals surface area contributed by atoms with Crippen LogP contribution >= 0.6 is 23.2 Å². The molecule has 0 aliphatic rings. The largest absolute Gasteiger partial charge is 0.574 e. The number of pyridine rings is 1. The molecule has 0 atom stereocenters. The van der Waals surface area contributed by atoms with Crippen molar-refractivity contribution in [1.29, 1.82) is 0 Å². The second kappa shape index (κ2) is 5.65. The summed E-state index contributed by atoms with van der Waals surface area (Å²) < 4.78 is 77.3. The molecule has 3 nitrogen and oxygen atoms in total. The van der Waals surface area contributed by atoms with Crippen molar-refractivity contribution < 1.29 is 35.9 Å². The van der Waals surface area contributed by atoms with E-state index >= 15 is 0 Å². The molecule has 0 amide bonds. The minimum absolute atomic E-state index is 0.464. The SMILES string of the molecule is O=C(Cl)c1c(CCl)cc(OC(F)(F)F)nc1C(F)(F)F. The zero-order valence-corrected chi connectivity index (χ0v) is 10.6. The molecule has 0 fully saturated rings. The Labute approximate surface area is 117 Å². The summed E-state index contributed by atoms with van der Waals surface area (Å²) in [7, 11) is 0. The van der Waals surface area contributed by atoms with E-state index in [0.717, 1.165) is 0 Å². The number of hydrogen-bond donors (Lipinski definition) is 0. The molecule has 1 aromatic rings. The van der Waals surface area contributed by atoms with Crippen molar-refractivity contribution in [2.24, 2.45) is 0 Å². The molecule has 0 aliphatic heterocycles. The van der Waals surface area contributed by atoms with Crippen LogP contribution in [0, 0.1) is 0 Å². The van der Waals surface area contributed by atoms with Crippen LogP contribution in [0.3, 0.4) is 0 Å². The quantitative estimate of drug-likeness (QED) is 0.471. The standard InChI is InChI=1S/C9H3Cl2F6NO2/c10-2-3-1-4(20-9(15,16)17)18-6(8(12,13)14)5(3)7(11)19/h1H,2H2. The molecule has 0 bridgehead atoms. The monoisotopic (exact) mass is 341 g/mol. The average Bonchev–Trinajstić information content (AvgIpc) is 2.23. The third kappa shape index (κ3) is 4.14. The van der Waals surface area contributed by atoms with E-state index in [4.69, 9.17) is 23.2 Å². The van der Waals surface area contributed by atoms with Crippen molar-refractivity contribution in [2.45, 2.75) is 18.4 Å². The van der Waals surface area contributed by atoms with Gasteiger partial charge in [-0.05, 0) is 17.2 Å². The fourth-order valence-corrected chi connectivity index (χ4v) is 1.69. The van der Waals surface area contributed by atoms with Gasteiger partial charge in [0, 0.05) is 11.9 Å². The number of aromatic nitrogens is 1. The molecule has 1 heterocycles. The highest BCUT2D eigenvalue weighted by Crippen LogP contribution is 2.36. The predicted molar refractivity (Wildman–Crippen MR) is 55.7 cm³/mol. The number of carbonyl (C=O) groups is 1. The van der Waals surface area contributed by atoms with Crippen molar-refractivity contribution in [2.75, 3.05) is 0 Å². The Hall–Kier alpha value is -1.22. The maximum Gasteiger partial charge on any atom is 0.574 e.